The van der Waals surface area contributed by atoms with Crippen LogP contribution in [0.3, 0.4) is 0 Å². The summed E-state index contributed by atoms with van der Waals surface area (Å²) in [5.74, 6) is -0.0830. The number of nitrogens with one attached hydrogen (secondary N) is 2. The van der Waals surface area contributed by atoms with Gasteiger partial charge in [0.05, 0.1) is 0 Å². The molecule has 0 saturated heterocycles. The smallest absolute Gasteiger partial charge is 0.270 e. The second-order valence-electron chi connectivity index (χ2n) is 5.18. The van der Waals surface area contributed by atoms with Gasteiger partial charge in [0, 0.05) is 24.5 Å². The van der Waals surface area contributed by atoms with Crippen molar-refractivity contribution < 1.29 is 4.79 Å². The number of nitrogens with zero attached hydrogens (tertiary/aromatic N) is 1. The minimum atomic E-state index is -0.0830. The van der Waals surface area contributed by atoms with Gasteiger partial charge in [-0.25, -0.2) is 0 Å². The van der Waals surface area contributed by atoms with Crippen molar-refractivity contribution >= 4 is 11.6 Å². The summed E-state index contributed by atoms with van der Waals surface area (Å²) in [6, 6.07) is 3.94. The van der Waals surface area contributed by atoms with Gasteiger partial charge >= 0.3 is 0 Å². The number of carbonyl (C=O) groups is 1. The highest BCUT2D eigenvalue weighted by molar-refractivity contribution is 5.93. The Balaban J connectivity index is 2.01. The van der Waals surface area contributed by atoms with E-state index in [4.69, 9.17) is 0 Å². The topological polar surface area (TPSA) is 54.0 Å². The SMILES string of the molecule is CCNc1ccnc(C(=O)NC2CC2(C)C)c1. The fourth-order valence-electron chi connectivity index (χ4n) is 1.81. The van der Waals surface area contributed by atoms with Gasteiger partial charge in [0.2, 0.25) is 0 Å². The Hall–Kier alpha value is -1.58. The molecule has 0 spiro atoms. The number of aromatic nitrogens is 1. The van der Waals surface area contributed by atoms with Crippen LogP contribution in [0.4, 0.5) is 5.69 Å². The van der Waals surface area contributed by atoms with Crippen LogP contribution in [0, 0.1) is 5.41 Å². The lowest BCUT2D eigenvalue weighted by Gasteiger charge is -2.08. The van der Waals surface area contributed by atoms with Gasteiger partial charge in [-0.15, -0.1) is 0 Å². The zero-order chi connectivity index (χ0) is 12.5. The highest BCUT2D eigenvalue weighted by Crippen LogP contribution is 2.44. The van der Waals surface area contributed by atoms with E-state index in [-0.39, 0.29) is 11.3 Å². The molecule has 1 aliphatic rings. The lowest BCUT2D eigenvalue weighted by molar-refractivity contribution is 0.0941. The van der Waals surface area contributed by atoms with E-state index in [1.54, 1.807) is 12.3 Å². The van der Waals surface area contributed by atoms with E-state index < -0.39 is 0 Å². The van der Waals surface area contributed by atoms with Crippen LogP contribution in [-0.2, 0) is 0 Å². The Bertz CT molecular complexity index is 428. The molecule has 2 rings (SSSR count). The highest BCUT2D eigenvalue weighted by Gasteiger charge is 2.46. The maximum Gasteiger partial charge on any atom is 0.270 e. The molecule has 0 aliphatic heterocycles. The van der Waals surface area contributed by atoms with E-state index >= 15 is 0 Å². The average Bonchev–Trinajstić information content (AvgIpc) is 2.87. The first-order valence-corrected chi connectivity index (χ1v) is 6.04. The fraction of sp³-hybridized carbons (Fsp3) is 0.538. The van der Waals surface area contributed by atoms with Gasteiger partial charge in [0.1, 0.15) is 5.69 Å². The van der Waals surface area contributed by atoms with Gasteiger partial charge < -0.3 is 10.6 Å². The third-order valence-electron chi connectivity index (χ3n) is 3.19. The van der Waals surface area contributed by atoms with Crippen LogP contribution in [0.15, 0.2) is 18.3 Å². The third kappa shape index (κ3) is 2.75. The monoisotopic (exact) mass is 233 g/mol. The number of anilines is 1. The van der Waals surface area contributed by atoms with Gasteiger partial charge in [-0.05, 0) is 30.9 Å². The first kappa shape index (κ1) is 11.9. The molecule has 1 saturated carbocycles. The molecule has 92 valence electrons. The largest absolute Gasteiger partial charge is 0.385 e. The van der Waals surface area contributed by atoms with E-state index in [0.29, 0.717) is 11.7 Å². The molecule has 4 heteroatoms. The van der Waals surface area contributed by atoms with Crippen LogP contribution < -0.4 is 10.6 Å². The summed E-state index contributed by atoms with van der Waals surface area (Å²) < 4.78 is 0. The number of carbonyl (C=O) groups excluding carboxylic acids is 1. The quantitative estimate of drug-likeness (QED) is 0.836. The van der Waals surface area contributed by atoms with Crippen LogP contribution in [-0.4, -0.2) is 23.5 Å². The Morgan fingerprint density at radius 3 is 2.88 bits per heavy atom. The lowest BCUT2D eigenvalue weighted by atomic mass is 10.2. The van der Waals surface area contributed by atoms with Gasteiger partial charge in [0.25, 0.3) is 5.91 Å². The van der Waals surface area contributed by atoms with Gasteiger partial charge in [-0.3, -0.25) is 9.78 Å². The molecule has 2 N–H and O–H groups in total. The van der Waals surface area contributed by atoms with E-state index in [2.05, 4.69) is 29.5 Å². The van der Waals surface area contributed by atoms with Crippen LogP contribution >= 0.6 is 0 Å². The number of amides is 1. The molecule has 1 unspecified atom stereocenters. The van der Waals surface area contributed by atoms with Crippen molar-refractivity contribution in [2.45, 2.75) is 33.2 Å². The van der Waals surface area contributed by atoms with Crippen molar-refractivity contribution in [2.75, 3.05) is 11.9 Å². The molecule has 1 heterocycles. The predicted octanol–water partition coefficient (Wildman–Crippen LogP) is 2.04. The normalized spacial score (nSPS) is 20.8. The first-order valence-electron chi connectivity index (χ1n) is 6.04. The minimum Gasteiger partial charge on any atom is -0.385 e. The van der Waals surface area contributed by atoms with E-state index in [1.807, 2.05) is 13.0 Å². The molecule has 1 aromatic rings. The van der Waals surface area contributed by atoms with E-state index in [9.17, 15) is 4.79 Å². The molecule has 1 aliphatic carbocycles. The summed E-state index contributed by atoms with van der Waals surface area (Å²) in [6.07, 6.45) is 2.70. The molecule has 0 aromatic carbocycles. The molecule has 1 fully saturated rings. The Morgan fingerprint density at radius 1 is 1.59 bits per heavy atom. The molecule has 0 radical (unpaired) electrons. The number of pyridine rings is 1. The molecule has 4 nitrogen and oxygen atoms in total. The summed E-state index contributed by atoms with van der Waals surface area (Å²) in [4.78, 5) is 16.0. The standard InChI is InChI=1S/C13H19N3O/c1-4-14-9-5-6-15-10(7-9)12(17)16-11-8-13(11,2)3/h5-7,11H,4,8H2,1-3H3,(H,14,15)(H,16,17). The van der Waals surface area contributed by atoms with Crippen molar-refractivity contribution in [3.63, 3.8) is 0 Å². The van der Waals surface area contributed by atoms with Gasteiger partial charge in [-0.2, -0.15) is 0 Å². The predicted molar refractivity (Wildman–Crippen MR) is 68.1 cm³/mol. The van der Waals surface area contributed by atoms with Crippen LogP contribution in [0.2, 0.25) is 0 Å². The van der Waals surface area contributed by atoms with Crippen molar-refractivity contribution in [2.24, 2.45) is 5.41 Å². The molecule has 0 bridgehead atoms. The highest BCUT2D eigenvalue weighted by atomic mass is 16.2. The Morgan fingerprint density at radius 2 is 2.29 bits per heavy atom. The molecular formula is C13H19N3O. The number of rotatable bonds is 4. The van der Waals surface area contributed by atoms with Gasteiger partial charge in [0.15, 0.2) is 0 Å². The Kier molecular flexibility index (Phi) is 3.05. The average molecular weight is 233 g/mol. The minimum absolute atomic E-state index is 0.0830. The van der Waals surface area contributed by atoms with E-state index in [1.165, 1.54) is 0 Å². The second-order valence-corrected chi connectivity index (χ2v) is 5.18. The maximum absolute atomic E-state index is 11.9. The summed E-state index contributed by atoms with van der Waals surface area (Å²) in [6.45, 7) is 7.16. The molecular weight excluding hydrogens is 214 g/mol. The summed E-state index contributed by atoms with van der Waals surface area (Å²) in [5.41, 5.74) is 1.66. The van der Waals surface area contributed by atoms with Crippen LogP contribution in [0.25, 0.3) is 0 Å². The maximum atomic E-state index is 11.9. The number of hydrogen-bond acceptors (Lipinski definition) is 3. The second kappa shape index (κ2) is 4.35. The summed E-state index contributed by atoms with van der Waals surface area (Å²) >= 11 is 0. The summed E-state index contributed by atoms with van der Waals surface area (Å²) in [5, 5.41) is 6.17. The molecule has 17 heavy (non-hydrogen) atoms. The summed E-state index contributed by atoms with van der Waals surface area (Å²) in [7, 11) is 0. The van der Waals surface area contributed by atoms with Crippen molar-refractivity contribution in [3.8, 4) is 0 Å². The number of hydrogen-bond donors (Lipinski definition) is 2. The zero-order valence-corrected chi connectivity index (χ0v) is 10.6. The van der Waals surface area contributed by atoms with Crippen LogP contribution in [0.1, 0.15) is 37.7 Å². The van der Waals surface area contributed by atoms with E-state index in [0.717, 1.165) is 18.7 Å². The Labute approximate surface area is 102 Å². The first-order chi connectivity index (χ1) is 8.03. The zero-order valence-electron chi connectivity index (χ0n) is 10.6. The van der Waals surface area contributed by atoms with Gasteiger partial charge in [-0.1, -0.05) is 13.8 Å². The van der Waals surface area contributed by atoms with Crippen molar-refractivity contribution in [3.05, 3.63) is 24.0 Å². The molecule has 1 aromatic heterocycles. The lowest BCUT2D eigenvalue weighted by Crippen LogP contribution is -2.29. The van der Waals surface area contributed by atoms with Crippen LogP contribution in [0.5, 0.6) is 0 Å². The van der Waals surface area contributed by atoms with Crippen molar-refractivity contribution in [1.82, 2.24) is 10.3 Å². The fourth-order valence-corrected chi connectivity index (χ4v) is 1.81. The third-order valence-corrected chi connectivity index (χ3v) is 3.19. The molecule has 1 amide bonds. The van der Waals surface area contributed by atoms with Crippen molar-refractivity contribution in [1.29, 1.82) is 0 Å². The molecule has 1 atom stereocenters.